The van der Waals surface area contributed by atoms with E-state index >= 15 is 0 Å². The molecule has 0 bridgehead atoms. The molecule has 3 nitrogen and oxygen atoms in total. The lowest BCUT2D eigenvalue weighted by Gasteiger charge is -2.08. The Hall–Kier alpha value is -1.62. The monoisotopic (exact) mass is 324 g/mol. The summed E-state index contributed by atoms with van der Waals surface area (Å²) in [4.78, 5) is 4.38. The third kappa shape index (κ3) is 4.21. The highest BCUT2D eigenvalue weighted by Crippen LogP contribution is 2.21. The van der Waals surface area contributed by atoms with Crippen LogP contribution in [0.5, 0.6) is 5.75 Å². The third-order valence-electron chi connectivity index (χ3n) is 2.39. The first kappa shape index (κ1) is 13.8. The third-order valence-corrected chi connectivity index (χ3v) is 2.85. The van der Waals surface area contributed by atoms with Crippen molar-refractivity contribution in [2.24, 2.45) is 0 Å². The van der Waals surface area contributed by atoms with Crippen LogP contribution in [0.1, 0.15) is 12.6 Å². The number of hydrogen-bond acceptors (Lipinski definition) is 3. The van der Waals surface area contributed by atoms with E-state index in [0.29, 0.717) is 16.8 Å². The fourth-order valence-electron chi connectivity index (χ4n) is 1.61. The molecule has 0 aliphatic carbocycles. The maximum Gasteiger partial charge on any atom is 0.130 e. The van der Waals surface area contributed by atoms with Gasteiger partial charge in [0.25, 0.3) is 0 Å². The molecule has 0 unspecified atom stereocenters. The van der Waals surface area contributed by atoms with Gasteiger partial charge in [0.15, 0.2) is 0 Å². The van der Waals surface area contributed by atoms with E-state index in [1.165, 1.54) is 12.1 Å². The summed E-state index contributed by atoms with van der Waals surface area (Å²) < 4.78 is 19.4. The van der Waals surface area contributed by atoms with Gasteiger partial charge in [-0.25, -0.2) is 9.37 Å². The minimum Gasteiger partial charge on any atom is -0.487 e. The molecule has 0 atom stereocenters. The number of aromatic nitrogens is 1. The lowest BCUT2D eigenvalue weighted by atomic mass is 10.3. The second-order valence-corrected chi connectivity index (χ2v) is 4.85. The first-order valence-electron chi connectivity index (χ1n) is 5.96. The van der Waals surface area contributed by atoms with Gasteiger partial charge in [-0.15, -0.1) is 0 Å². The van der Waals surface area contributed by atoms with Crippen molar-refractivity contribution in [3.05, 3.63) is 52.4 Å². The Morgan fingerprint density at radius 2 is 2.16 bits per heavy atom. The average molecular weight is 325 g/mol. The summed E-state index contributed by atoms with van der Waals surface area (Å²) >= 11 is 3.23. The zero-order valence-electron chi connectivity index (χ0n) is 10.5. The van der Waals surface area contributed by atoms with Crippen LogP contribution in [0.4, 0.5) is 10.2 Å². The van der Waals surface area contributed by atoms with E-state index < -0.39 is 0 Å². The first-order valence-corrected chi connectivity index (χ1v) is 6.75. The molecule has 0 amide bonds. The highest BCUT2D eigenvalue weighted by molar-refractivity contribution is 9.10. The van der Waals surface area contributed by atoms with Gasteiger partial charge in [0.2, 0.25) is 0 Å². The van der Waals surface area contributed by atoms with Gasteiger partial charge in [-0.3, -0.25) is 0 Å². The Balaban J connectivity index is 2.03. The molecule has 1 heterocycles. The van der Waals surface area contributed by atoms with Gasteiger partial charge in [0.1, 0.15) is 24.0 Å². The van der Waals surface area contributed by atoms with Crippen molar-refractivity contribution in [2.75, 3.05) is 11.9 Å². The number of benzene rings is 1. The maximum atomic E-state index is 13.2. The van der Waals surface area contributed by atoms with Crippen LogP contribution in [0.3, 0.4) is 0 Å². The lowest BCUT2D eigenvalue weighted by Crippen LogP contribution is -2.03. The molecule has 0 aliphatic rings. The highest BCUT2D eigenvalue weighted by Gasteiger charge is 2.02. The number of pyridine rings is 1. The summed E-state index contributed by atoms with van der Waals surface area (Å²) in [5, 5.41) is 3.13. The Morgan fingerprint density at radius 3 is 2.89 bits per heavy atom. The molecule has 19 heavy (non-hydrogen) atoms. The Kier molecular flexibility index (Phi) is 4.74. The van der Waals surface area contributed by atoms with Crippen LogP contribution in [0.25, 0.3) is 0 Å². The van der Waals surface area contributed by atoms with Crippen molar-refractivity contribution < 1.29 is 9.13 Å². The van der Waals surface area contributed by atoms with E-state index in [-0.39, 0.29) is 5.82 Å². The van der Waals surface area contributed by atoms with Gasteiger partial charge in [-0.1, -0.05) is 22.0 Å². The largest absolute Gasteiger partial charge is 0.487 e. The molecule has 0 fully saturated rings. The molecular formula is C14H14BrFN2O. The number of ether oxygens (including phenoxy) is 1. The van der Waals surface area contributed by atoms with Gasteiger partial charge >= 0.3 is 0 Å². The number of hydrogen-bond donors (Lipinski definition) is 1. The Bertz CT molecular complexity index is 543. The predicted molar refractivity (Wildman–Crippen MR) is 76.8 cm³/mol. The summed E-state index contributed by atoms with van der Waals surface area (Å²) in [5.74, 6) is 0.949. The Labute approximate surface area is 119 Å². The first-order chi connectivity index (χ1) is 9.17. The summed E-state index contributed by atoms with van der Waals surface area (Å²) in [5.41, 5.74) is 0.791. The van der Waals surface area contributed by atoms with Crippen molar-refractivity contribution >= 4 is 21.7 Å². The number of anilines is 1. The van der Waals surface area contributed by atoms with Crippen molar-refractivity contribution in [3.63, 3.8) is 0 Å². The zero-order chi connectivity index (χ0) is 13.7. The summed E-state index contributed by atoms with van der Waals surface area (Å²) in [6.07, 6.45) is 0. The number of halogens is 2. The predicted octanol–water partition coefficient (Wildman–Crippen LogP) is 3.99. The van der Waals surface area contributed by atoms with Gasteiger partial charge < -0.3 is 10.1 Å². The van der Waals surface area contributed by atoms with Crippen LogP contribution in [0.2, 0.25) is 0 Å². The van der Waals surface area contributed by atoms with Gasteiger partial charge in [-0.05, 0) is 31.2 Å². The summed E-state index contributed by atoms with van der Waals surface area (Å²) in [6.45, 7) is 3.12. The van der Waals surface area contributed by atoms with E-state index in [1.54, 1.807) is 6.07 Å². The van der Waals surface area contributed by atoms with Gasteiger partial charge in [-0.2, -0.15) is 0 Å². The Morgan fingerprint density at radius 1 is 1.32 bits per heavy atom. The molecule has 2 aromatic rings. The molecule has 0 saturated heterocycles. The molecule has 1 N–H and O–H groups in total. The summed E-state index contributed by atoms with van der Waals surface area (Å²) in [6, 6.07) is 10.1. The van der Waals surface area contributed by atoms with Crippen LogP contribution >= 0.6 is 15.9 Å². The smallest absolute Gasteiger partial charge is 0.130 e. The SMILES string of the molecule is CCNc1cccc(COc2cc(F)cc(Br)c2)n1. The molecular weight excluding hydrogens is 311 g/mol. The van der Waals surface area contributed by atoms with Crippen LogP contribution in [0.15, 0.2) is 40.9 Å². The van der Waals surface area contributed by atoms with Crippen LogP contribution in [-0.2, 0) is 6.61 Å². The van der Waals surface area contributed by atoms with Gasteiger partial charge in [0.05, 0.1) is 5.69 Å². The standard InChI is InChI=1S/C14H14BrFN2O/c1-2-17-14-5-3-4-12(18-14)9-19-13-7-10(15)6-11(16)8-13/h3-8H,2,9H2,1H3,(H,17,18). The average Bonchev–Trinajstić information content (AvgIpc) is 2.36. The zero-order valence-corrected chi connectivity index (χ0v) is 12.1. The van der Waals surface area contributed by atoms with E-state index in [0.717, 1.165) is 18.1 Å². The quantitative estimate of drug-likeness (QED) is 0.902. The van der Waals surface area contributed by atoms with Crippen molar-refractivity contribution in [2.45, 2.75) is 13.5 Å². The topological polar surface area (TPSA) is 34.1 Å². The minimum absolute atomic E-state index is 0.301. The fraction of sp³-hybridized carbons (Fsp3) is 0.214. The van der Waals surface area contributed by atoms with Crippen molar-refractivity contribution in [1.29, 1.82) is 0 Å². The number of nitrogens with zero attached hydrogens (tertiary/aromatic N) is 1. The molecule has 2 rings (SSSR count). The lowest BCUT2D eigenvalue weighted by molar-refractivity contribution is 0.299. The highest BCUT2D eigenvalue weighted by atomic mass is 79.9. The molecule has 1 aromatic heterocycles. The van der Waals surface area contributed by atoms with Gasteiger partial charge in [0, 0.05) is 17.1 Å². The number of rotatable bonds is 5. The molecule has 100 valence electrons. The van der Waals surface area contributed by atoms with E-state index in [1.807, 2.05) is 25.1 Å². The molecule has 5 heteroatoms. The normalized spacial score (nSPS) is 10.3. The second kappa shape index (κ2) is 6.52. The van der Waals surface area contributed by atoms with Crippen molar-refractivity contribution in [3.8, 4) is 5.75 Å². The van der Waals surface area contributed by atoms with Crippen LogP contribution in [-0.4, -0.2) is 11.5 Å². The second-order valence-electron chi connectivity index (χ2n) is 3.94. The van der Waals surface area contributed by atoms with Crippen LogP contribution in [0, 0.1) is 5.82 Å². The maximum absolute atomic E-state index is 13.2. The van der Waals surface area contributed by atoms with E-state index in [2.05, 4.69) is 26.2 Å². The van der Waals surface area contributed by atoms with E-state index in [9.17, 15) is 4.39 Å². The number of nitrogens with one attached hydrogen (secondary N) is 1. The van der Waals surface area contributed by atoms with Crippen LogP contribution < -0.4 is 10.1 Å². The fourth-order valence-corrected chi connectivity index (χ4v) is 2.05. The summed E-state index contributed by atoms with van der Waals surface area (Å²) in [7, 11) is 0. The molecule has 0 aliphatic heterocycles. The van der Waals surface area contributed by atoms with E-state index in [4.69, 9.17) is 4.74 Å². The molecule has 1 aromatic carbocycles. The molecule has 0 saturated carbocycles. The molecule has 0 spiro atoms. The minimum atomic E-state index is -0.335. The molecule has 0 radical (unpaired) electrons. The van der Waals surface area contributed by atoms with Crippen molar-refractivity contribution in [1.82, 2.24) is 4.98 Å².